The maximum Gasteiger partial charge on any atom is 0.277 e. The van der Waals surface area contributed by atoms with Crippen LogP contribution in [0.5, 0.6) is 0 Å². The minimum atomic E-state index is -0.377. The average Bonchev–Trinajstić information content (AvgIpc) is 3.64. The summed E-state index contributed by atoms with van der Waals surface area (Å²) in [6, 6.07) is 5.57. The SMILES string of the molecule is N#Cc1c(Cl)ccc2c1n(CCN1CCCC(O)C1)c(=O)c1c(-c3noc(C4CCOC4)n3)ncn12. The Morgan fingerprint density at radius 1 is 1.25 bits per heavy atom. The van der Waals surface area contributed by atoms with E-state index in [2.05, 4.69) is 26.1 Å². The number of ether oxygens (including phenoxy) is 1. The third-order valence-corrected chi connectivity index (χ3v) is 7.33. The molecular formula is C24H24ClN7O4. The van der Waals surface area contributed by atoms with Crippen LogP contribution in [0.4, 0.5) is 0 Å². The molecule has 0 spiro atoms. The van der Waals surface area contributed by atoms with Crippen molar-refractivity contribution >= 4 is 28.2 Å². The number of halogens is 1. The van der Waals surface area contributed by atoms with Crippen LogP contribution in [-0.4, -0.2) is 73.1 Å². The largest absolute Gasteiger partial charge is 0.392 e. The summed E-state index contributed by atoms with van der Waals surface area (Å²) in [6.45, 7) is 3.41. The monoisotopic (exact) mass is 509 g/mol. The van der Waals surface area contributed by atoms with Crippen LogP contribution in [0.2, 0.25) is 5.02 Å². The van der Waals surface area contributed by atoms with Gasteiger partial charge >= 0.3 is 0 Å². The van der Waals surface area contributed by atoms with Gasteiger partial charge in [-0.2, -0.15) is 10.2 Å². The molecule has 0 aliphatic carbocycles. The molecule has 1 aromatic carbocycles. The maximum atomic E-state index is 14.0. The number of aromatic nitrogens is 5. The van der Waals surface area contributed by atoms with Crippen molar-refractivity contribution in [3.8, 4) is 17.6 Å². The van der Waals surface area contributed by atoms with Crippen LogP contribution >= 0.6 is 11.6 Å². The van der Waals surface area contributed by atoms with Gasteiger partial charge in [-0.15, -0.1) is 0 Å². The van der Waals surface area contributed by atoms with Gasteiger partial charge in [0, 0.05) is 26.2 Å². The van der Waals surface area contributed by atoms with Crippen molar-refractivity contribution in [2.45, 2.75) is 37.8 Å². The molecule has 0 radical (unpaired) electrons. The van der Waals surface area contributed by atoms with Crippen molar-refractivity contribution in [3.63, 3.8) is 0 Å². The zero-order valence-electron chi connectivity index (χ0n) is 19.4. The van der Waals surface area contributed by atoms with Gasteiger partial charge in [0.15, 0.2) is 0 Å². The lowest BCUT2D eigenvalue weighted by molar-refractivity contribution is 0.0690. The number of benzene rings is 1. The third kappa shape index (κ3) is 3.87. The van der Waals surface area contributed by atoms with E-state index in [0.29, 0.717) is 61.0 Å². The zero-order chi connectivity index (χ0) is 24.8. The second-order valence-electron chi connectivity index (χ2n) is 9.28. The number of fused-ring (bicyclic) bond motifs is 3. The fourth-order valence-corrected chi connectivity index (χ4v) is 5.37. The number of likely N-dealkylation sites (tertiary alicyclic amines) is 1. The minimum absolute atomic E-state index is 0.0258. The first kappa shape index (κ1) is 23.1. The van der Waals surface area contributed by atoms with Crippen molar-refractivity contribution in [3.05, 3.63) is 45.3 Å². The molecule has 2 atom stereocenters. The van der Waals surface area contributed by atoms with E-state index in [-0.39, 0.29) is 34.0 Å². The lowest BCUT2D eigenvalue weighted by Crippen LogP contribution is -2.41. The number of piperidine rings is 1. The highest BCUT2D eigenvalue weighted by Crippen LogP contribution is 2.30. The summed E-state index contributed by atoms with van der Waals surface area (Å²) in [7, 11) is 0. The Bertz CT molecular complexity index is 1550. The van der Waals surface area contributed by atoms with Crippen LogP contribution in [0, 0.1) is 11.3 Å². The summed E-state index contributed by atoms with van der Waals surface area (Å²) in [6.07, 6.45) is 3.62. The first-order chi connectivity index (χ1) is 17.5. The summed E-state index contributed by atoms with van der Waals surface area (Å²) in [5, 5.41) is 24.3. The summed E-state index contributed by atoms with van der Waals surface area (Å²) < 4.78 is 14.1. The standard InChI is InChI=1S/C24H24ClN7O4/c25-17-3-4-18-20(16(17)10-26)31(8-7-30-6-1-2-15(33)11-30)24(34)21-19(27-13-32(18)21)22-28-23(36-29-22)14-5-9-35-12-14/h3-4,13-15,33H,1-2,5-9,11-12H2. The number of β-amino-alcohol motifs (C(OH)–C–C–N with tert-alkyl or cyclic N) is 1. The highest BCUT2D eigenvalue weighted by molar-refractivity contribution is 6.32. The molecule has 2 aliphatic rings. The molecule has 1 N–H and O–H groups in total. The normalized spacial score (nSPS) is 20.9. The number of nitriles is 1. The fraction of sp³-hybridized carbons (Fsp3) is 0.458. The van der Waals surface area contributed by atoms with Gasteiger partial charge in [0.1, 0.15) is 23.6 Å². The molecule has 2 unspecified atom stereocenters. The van der Waals surface area contributed by atoms with Gasteiger partial charge in [-0.1, -0.05) is 16.8 Å². The van der Waals surface area contributed by atoms with Crippen molar-refractivity contribution in [1.82, 2.24) is 29.0 Å². The number of rotatable bonds is 5. The second kappa shape index (κ2) is 9.29. The molecule has 12 heteroatoms. The molecule has 5 heterocycles. The quantitative estimate of drug-likeness (QED) is 0.429. The van der Waals surface area contributed by atoms with Crippen molar-refractivity contribution < 1.29 is 14.4 Å². The topological polar surface area (TPSA) is 135 Å². The van der Waals surface area contributed by atoms with Crippen LogP contribution in [0.25, 0.3) is 28.1 Å². The van der Waals surface area contributed by atoms with Gasteiger partial charge in [0.05, 0.1) is 40.2 Å². The van der Waals surface area contributed by atoms with Crippen molar-refractivity contribution in [2.24, 2.45) is 0 Å². The molecule has 2 aliphatic heterocycles. The Labute approximate surface area is 210 Å². The Kier molecular flexibility index (Phi) is 5.97. The number of aliphatic hydroxyl groups excluding tert-OH is 1. The van der Waals surface area contributed by atoms with E-state index in [4.69, 9.17) is 20.9 Å². The molecule has 0 amide bonds. The van der Waals surface area contributed by atoms with Crippen LogP contribution < -0.4 is 5.56 Å². The summed E-state index contributed by atoms with van der Waals surface area (Å²) in [4.78, 5) is 25.1. The van der Waals surface area contributed by atoms with E-state index in [1.165, 1.54) is 6.33 Å². The molecule has 6 rings (SSSR count). The van der Waals surface area contributed by atoms with Crippen LogP contribution in [-0.2, 0) is 11.3 Å². The number of hydrogen-bond acceptors (Lipinski definition) is 9. The molecule has 3 aromatic heterocycles. The average molecular weight is 510 g/mol. The lowest BCUT2D eigenvalue weighted by Gasteiger charge is -2.30. The molecular weight excluding hydrogens is 486 g/mol. The number of nitrogens with zero attached hydrogens (tertiary/aromatic N) is 7. The smallest absolute Gasteiger partial charge is 0.277 e. The summed E-state index contributed by atoms with van der Waals surface area (Å²) in [5.41, 5.74) is 1.57. The van der Waals surface area contributed by atoms with Gasteiger partial charge in [0.25, 0.3) is 5.56 Å². The number of aliphatic hydroxyl groups is 1. The fourth-order valence-electron chi connectivity index (χ4n) is 5.17. The Morgan fingerprint density at radius 3 is 2.92 bits per heavy atom. The van der Waals surface area contributed by atoms with Crippen LogP contribution in [0.1, 0.15) is 36.6 Å². The van der Waals surface area contributed by atoms with E-state index in [0.717, 1.165) is 25.8 Å². The zero-order valence-corrected chi connectivity index (χ0v) is 20.2. The maximum absolute atomic E-state index is 14.0. The first-order valence-corrected chi connectivity index (χ1v) is 12.4. The summed E-state index contributed by atoms with van der Waals surface area (Å²) in [5.74, 6) is 0.723. The molecule has 0 saturated carbocycles. The van der Waals surface area contributed by atoms with E-state index in [9.17, 15) is 15.2 Å². The number of imidazole rings is 1. The Morgan fingerprint density at radius 2 is 2.14 bits per heavy atom. The molecule has 2 fully saturated rings. The lowest BCUT2D eigenvalue weighted by atomic mass is 10.1. The van der Waals surface area contributed by atoms with Gasteiger partial charge in [-0.25, -0.2) is 4.98 Å². The van der Waals surface area contributed by atoms with Crippen molar-refractivity contribution in [2.75, 3.05) is 32.8 Å². The molecule has 2 saturated heterocycles. The van der Waals surface area contributed by atoms with E-state index >= 15 is 0 Å². The van der Waals surface area contributed by atoms with Gasteiger partial charge in [-0.05, 0) is 37.9 Å². The first-order valence-electron chi connectivity index (χ1n) is 12.0. The minimum Gasteiger partial charge on any atom is -0.392 e. The molecule has 0 bridgehead atoms. The second-order valence-corrected chi connectivity index (χ2v) is 9.69. The molecule has 186 valence electrons. The Balaban J connectivity index is 1.50. The number of hydrogen-bond donors (Lipinski definition) is 1. The summed E-state index contributed by atoms with van der Waals surface area (Å²) >= 11 is 6.36. The van der Waals surface area contributed by atoms with E-state index in [1.807, 2.05) is 0 Å². The van der Waals surface area contributed by atoms with Crippen LogP contribution in [0.3, 0.4) is 0 Å². The highest BCUT2D eigenvalue weighted by Gasteiger charge is 2.27. The van der Waals surface area contributed by atoms with Gasteiger partial charge in [0.2, 0.25) is 11.7 Å². The van der Waals surface area contributed by atoms with Gasteiger partial charge in [-0.3, -0.25) is 14.1 Å². The van der Waals surface area contributed by atoms with Crippen LogP contribution in [0.15, 0.2) is 27.8 Å². The Hall–Kier alpha value is -3.30. The molecule has 36 heavy (non-hydrogen) atoms. The predicted octanol–water partition coefficient (Wildman–Crippen LogP) is 2.18. The highest BCUT2D eigenvalue weighted by atomic mass is 35.5. The molecule has 11 nitrogen and oxygen atoms in total. The third-order valence-electron chi connectivity index (χ3n) is 7.02. The van der Waals surface area contributed by atoms with Gasteiger partial charge < -0.3 is 18.9 Å². The molecule has 4 aromatic rings. The van der Waals surface area contributed by atoms with E-state index < -0.39 is 0 Å². The van der Waals surface area contributed by atoms with Crippen molar-refractivity contribution in [1.29, 1.82) is 5.26 Å². The predicted molar refractivity (Wildman–Crippen MR) is 130 cm³/mol. The van der Waals surface area contributed by atoms with E-state index in [1.54, 1.807) is 21.1 Å².